The molecule has 1 aliphatic rings. The number of rotatable bonds is 2. The molecule has 1 unspecified atom stereocenters. The minimum Gasteiger partial charge on any atom is -0.358 e. The van der Waals surface area contributed by atoms with Gasteiger partial charge in [0, 0.05) is 11.1 Å². The van der Waals surface area contributed by atoms with Crippen LogP contribution < -0.4 is 5.32 Å². The molecule has 0 amide bonds. The van der Waals surface area contributed by atoms with E-state index in [-0.39, 0.29) is 11.8 Å². The van der Waals surface area contributed by atoms with Crippen molar-refractivity contribution in [2.24, 2.45) is 0 Å². The first-order chi connectivity index (χ1) is 9.02. The molecule has 0 radical (unpaired) electrons. The summed E-state index contributed by atoms with van der Waals surface area (Å²) in [5.41, 5.74) is 0.846. The van der Waals surface area contributed by atoms with Crippen molar-refractivity contribution in [2.75, 3.05) is 16.8 Å². The van der Waals surface area contributed by atoms with E-state index in [1.54, 1.807) is 0 Å². The third kappa shape index (κ3) is 3.01. The molecule has 0 saturated carbocycles. The summed E-state index contributed by atoms with van der Waals surface area (Å²) < 4.78 is 24.2. The summed E-state index contributed by atoms with van der Waals surface area (Å²) in [6.07, 6.45) is 1.59. The highest BCUT2D eigenvalue weighted by Crippen LogP contribution is 2.29. The molecule has 102 valence electrons. The third-order valence-electron chi connectivity index (χ3n) is 3.14. The summed E-state index contributed by atoms with van der Waals surface area (Å²) in [6.45, 7) is 0. The third-order valence-corrected chi connectivity index (χ3v) is 6.16. The molecule has 0 bridgehead atoms. The van der Waals surface area contributed by atoms with Crippen molar-refractivity contribution in [3.8, 4) is 0 Å². The number of benzene rings is 1. The Bertz CT molecular complexity index is 712. The zero-order valence-electron chi connectivity index (χ0n) is 10.1. The van der Waals surface area contributed by atoms with Gasteiger partial charge in [-0.1, -0.05) is 22.9 Å². The molecule has 19 heavy (non-hydrogen) atoms. The highest BCUT2D eigenvalue weighted by atomic mass is 35.5. The number of fused-ring (bicyclic) bond motifs is 1. The molecule has 1 aromatic heterocycles. The zero-order chi connectivity index (χ0) is 13.5. The van der Waals surface area contributed by atoms with E-state index in [2.05, 4.69) is 10.3 Å². The number of hydrogen-bond donors (Lipinski definition) is 1. The van der Waals surface area contributed by atoms with Gasteiger partial charge in [-0.3, -0.25) is 0 Å². The summed E-state index contributed by atoms with van der Waals surface area (Å²) in [6, 6.07) is 5.54. The molecular formula is C12H13ClN2O2S2. The number of thiazole rings is 1. The second-order valence-electron chi connectivity index (χ2n) is 4.73. The Morgan fingerprint density at radius 2 is 2.26 bits per heavy atom. The average Bonchev–Trinajstić information content (AvgIpc) is 2.68. The van der Waals surface area contributed by atoms with Crippen LogP contribution in [-0.4, -0.2) is 30.9 Å². The molecular weight excluding hydrogens is 304 g/mol. The van der Waals surface area contributed by atoms with Crippen LogP contribution in [0.3, 0.4) is 0 Å². The number of halogens is 1. The Kier molecular flexibility index (Phi) is 3.41. The predicted molar refractivity (Wildman–Crippen MR) is 79.9 cm³/mol. The number of sulfone groups is 1. The number of nitrogens with one attached hydrogen (secondary N) is 1. The maximum absolute atomic E-state index is 11.6. The average molecular weight is 317 g/mol. The van der Waals surface area contributed by atoms with Crippen molar-refractivity contribution in [1.82, 2.24) is 4.98 Å². The lowest BCUT2D eigenvalue weighted by molar-refractivity contribution is 0.562. The van der Waals surface area contributed by atoms with Gasteiger partial charge < -0.3 is 5.32 Å². The molecule has 2 aromatic rings. The van der Waals surface area contributed by atoms with Crippen molar-refractivity contribution in [3.05, 3.63) is 23.2 Å². The molecule has 1 fully saturated rings. The monoisotopic (exact) mass is 316 g/mol. The molecule has 0 aliphatic carbocycles. The first-order valence-corrected chi connectivity index (χ1v) is 9.06. The SMILES string of the molecule is O=S1(=O)CCCC(Nc2nc3cc(Cl)ccc3s2)C1. The quantitative estimate of drug-likeness (QED) is 0.925. The highest BCUT2D eigenvalue weighted by Gasteiger charge is 2.25. The molecule has 1 aliphatic heterocycles. The Labute approximate surface area is 120 Å². The Balaban J connectivity index is 1.81. The molecule has 7 heteroatoms. The van der Waals surface area contributed by atoms with Crippen molar-refractivity contribution in [2.45, 2.75) is 18.9 Å². The lowest BCUT2D eigenvalue weighted by Crippen LogP contribution is -2.34. The second-order valence-corrected chi connectivity index (χ2v) is 8.42. The van der Waals surface area contributed by atoms with Crippen LogP contribution in [0.5, 0.6) is 0 Å². The van der Waals surface area contributed by atoms with Crippen LogP contribution in [-0.2, 0) is 9.84 Å². The molecule has 1 N–H and O–H groups in total. The minimum absolute atomic E-state index is 0.0326. The van der Waals surface area contributed by atoms with Crippen molar-refractivity contribution in [3.63, 3.8) is 0 Å². The van der Waals surface area contributed by atoms with Gasteiger partial charge in [0.15, 0.2) is 15.0 Å². The number of aromatic nitrogens is 1. The lowest BCUT2D eigenvalue weighted by atomic mass is 10.2. The number of nitrogens with zero attached hydrogens (tertiary/aromatic N) is 1. The molecule has 3 rings (SSSR count). The first kappa shape index (κ1) is 13.1. The second kappa shape index (κ2) is 4.92. The van der Waals surface area contributed by atoms with Gasteiger partial charge in [0.05, 0.1) is 21.7 Å². The summed E-state index contributed by atoms with van der Waals surface area (Å²) in [4.78, 5) is 4.44. The van der Waals surface area contributed by atoms with Crippen LogP contribution in [0.25, 0.3) is 10.2 Å². The van der Waals surface area contributed by atoms with Crippen LogP contribution in [0.15, 0.2) is 18.2 Å². The lowest BCUT2D eigenvalue weighted by Gasteiger charge is -2.22. The van der Waals surface area contributed by atoms with E-state index in [0.717, 1.165) is 28.2 Å². The van der Waals surface area contributed by atoms with E-state index in [0.29, 0.717) is 10.8 Å². The standard InChI is InChI=1S/C12H13ClN2O2S2/c13-8-3-4-11-10(6-8)15-12(18-11)14-9-2-1-5-19(16,17)7-9/h3-4,6,9H,1-2,5,7H2,(H,14,15). The van der Waals surface area contributed by atoms with Gasteiger partial charge in [-0.15, -0.1) is 0 Å². The fourth-order valence-electron chi connectivity index (χ4n) is 2.27. The van der Waals surface area contributed by atoms with Crippen molar-refractivity contribution >= 4 is 48.1 Å². The molecule has 1 saturated heterocycles. The summed E-state index contributed by atoms with van der Waals surface area (Å²) in [5.74, 6) is 0.504. The van der Waals surface area contributed by atoms with E-state index in [1.165, 1.54) is 11.3 Å². The largest absolute Gasteiger partial charge is 0.358 e. The van der Waals surface area contributed by atoms with Crippen LogP contribution in [0.2, 0.25) is 5.02 Å². The van der Waals surface area contributed by atoms with E-state index < -0.39 is 9.84 Å². The van der Waals surface area contributed by atoms with Gasteiger partial charge in [0.2, 0.25) is 0 Å². The van der Waals surface area contributed by atoms with E-state index in [1.807, 2.05) is 18.2 Å². The van der Waals surface area contributed by atoms with Gasteiger partial charge in [0.1, 0.15) is 0 Å². The number of hydrogen-bond acceptors (Lipinski definition) is 5. The molecule has 0 spiro atoms. The first-order valence-electron chi connectivity index (χ1n) is 6.05. The van der Waals surface area contributed by atoms with E-state index in [9.17, 15) is 8.42 Å². The van der Waals surface area contributed by atoms with Gasteiger partial charge in [0.25, 0.3) is 0 Å². The molecule has 1 atom stereocenters. The maximum Gasteiger partial charge on any atom is 0.184 e. The fraction of sp³-hybridized carbons (Fsp3) is 0.417. The maximum atomic E-state index is 11.6. The normalized spacial score (nSPS) is 22.5. The summed E-state index contributed by atoms with van der Waals surface area (Å²) >= 11 is 7.45. The summed E-state index contributed by atoms with van der Waals surface area (Å²) in [5, 5.41) is 4.65. The summed E-state index contributed by atoms with van der Waals surface area (Å²) in [7, 11) is -2.90. The van der Waals surface area contributed by atoms with E-state index in [4.69, 9.17) is 11.6 Å². The van der Waals surface area contributed by atoms with Gasteiger partial charge in [-0.25, -0.2) is 13.4 Å². The topological polar surface area (TPSA) is 59.1 Å². The zero-order valence-corrected chi connectivity index (χ0v) is 12.5. The van der Waals surface area contributed by atoms with Crippen LogP contribution in [0, 0.1) is 0 Å². The molecule has 2 heterocycles. The van der Waals surface area contributed by atoms with Gasteiger partial charge in [-0.05, 0) is 31.0 Å². The Hall–Kier alpha value is -0.850. The highest BCUT2D eigenvalue weighted by molar-refractivity contribution is 7.91. The minimum atomic E-state index is -2.90. The fourth-order valence-corrected chi connectivity index (χ4v) is 5.00. The smallest absolute Gasteiger partial charge is 0.184 e. The number of anilines is 1. The van der Waals surface area contributed by atoms with Crippen molar-refractivity contribution < 1.29 is 8.42 Å². The van der Waals surface area contributed by atoms with Crippen LogP contribution >= 0.6 is 22.9 Å². The molecule has 1 aromatic carbocycles. The molecule has 4 nitrogen and oxygen atoms in total. The Morgan fingerprint density at radius 1 is 1.42 bits per heavy atom. The van der Waals surface area contributed by atoms with Crippen LogP contribution in [0.4, 0.5) is 5.13 Å². The van der Waals surface area contributed by atoms with Gasteiger partial charge in [-0.2, -0.15) is 0 Å². The predicted octanol–water partition coefficient (Wildman–Crippen LogP) is 2.94. The Morgan fingerprint density at radius 3 is 3.05 bits per heavy atom. The van der Waals surface area contributed by atoms with Crippen molar-refractivity contribution in [1.29, 1.82) is 0 Å². The van der Waals surface area contributed by atoms with Gasteiger partial charge >= 0.3 is 0 Å². The van der Waals surface area contributed by atoms with Crippen LogP contribution in [0.1, 0.15) is 12.8 Å². The van der Waals surface area contributed by atoms with E-state index >= 15 is 0 Å².